The summed E-state index contributed by atoms with van der Waals surface area (Å²) in [7, 11) is 0. The van der Waals surface area contributed by atoms with Crippen molar-refractivity contribution in [3.8, 4) is 0 Å². The molecule has 0 spiro atoms. The van der Waals surface area contributed by atoms with Crippen LogP contribution in [0.3, 0.4) is 0 Å². The molecule has 3 N–H and O–H groups in total. The van der Waals surface area contributed by atoms with E-state index in [1.54, 1.807) is 19.1 Å². The van der Waals surface area contributed by atoms with Gasteiger partial charge in [0.05, 0.1) is 16.9 Å². The minimum atomic E-state index is -0.257. The monoisotopic (exact) mass is 189 g/mol. The largest absolute Gasteiger partial charge is 0.322 e. The first kappa shape index (κ1) is 8.90. The summed E-state index contributed by atoms with van der Waals surface area (Å²) in [5.74, 6) is 0.522. The molecule has 0 bridgehead atoms. The first-order chi connectivity index (χ1) is 6.68. The molecule has 0 aliphatic heterocycles. The molecule has 0 saturated heterocycles. The zero-order valence-electron chi connectivity index (χ0n) is 7.82. The summed E-state index contributed by atoms with van der Waals surface area (Å²) in [6.45, 7) is 1.78. The van der Waals surface area contributed by atoms with Crippen molar-refractivity contribution in [2.75, 3.05) is 0 Å². The minimum Gasteiger partial charge on any atom is -0.322 e. The van der Waals surface area contributed by atoms with Gasteiger partial charge >= 0.3 is 0 Å². The summed E-state index contributed by atoms with van der Waals surface area (Å²) >= 11 is 0. The van der Waals surface area contributed by atoms with Crippen LogP contribution in [-0.4, -0.2) is 9.97 Å². The molecule has 2 aromatic rings. The molecule has 1 aromatic carbocycles. The Kier molecular flexibility index (Phi) is 2.05. The first-order valence-corrected chi connectivity index (χ1v) is 4.43. The highest BCUT2D eigenvalue weighted by Gasteiger charge is 2.05. The van der Waals surface area contributed by atoms with Crippen molar-refractivity contribution in [1.29, 1.82) is 0 Å². The fourth-order valence-electron chi connectivity index (χ4n) is 1.32. The lowest BCUT2D eigenvalue weighted by molar-refractivity contribution is 0.741. The van der Waals surface area contributed by atoms with Crippen LogP contribution in [0.5, 0.6) is 0 Å². The van der Waals surface area contributed by atoms with Crippen LogP contribution < -0.4 is 11.3 Å². The third-order valence-electron chi connectivity index (χ3n) is 2.06. The third kappa shape index (κ3) is 1.40. The number of aromatic amines is 1. The number of para-hydroxylation sites is 1. The van der Waals surface area contributed by atoms with Gasteiger partial charge in [0.2, 0.25) is 0 Å². The van der Waals surface area contributed by atoms with Crippen LogP contribution in [0.25, 0.3) is 10.9 Å². The van der Waals surface area contributed by atoms with Crippen molar-refractivity contribution in [1.82, 2.24) is 9.97 Å². The molecule has 14 heavy (non-hydrogen) atoms. The Morgan fingerprint density at radius 1 is 1.43 bits per heavy atom. The number of hydrogen-bond acceptors (Lipinski definition) is 3. The summed E-state index contributed by atoms with van der Waals surface area (Å²) in [6.07, 6.45) is 0. The number of nitrogens with two attached hydrogens (primary N) is 1. The van der Waals surface area contributed by atoms with E-state index in [4.69, 9.17) is 5.73 Å². The van der Waals surface area contributed by atoms with Gasteiger partial charge in [-0.1, -0.05) is 12.1 Å². The first-order valence-electron chi connectivity index (χ1n) is 4.43. The molecule has 0 fully saturated rings. The van der Waals surface area contributed by atoms with Crippen molar-refractivity contribution >= 4 is 10.9 Å². The average Bonchev–Trinajstić information content (AvgIpc) is 2.17. The maximum absolute atomic E-state index is 11.6. The molecule has 2 rings (SSSR count). The maximum Gasteiger partial charge on any atom is 0.258 e. The summed E-state index contributed by atoms with van der Waals surface area (Å²) in [5, 5.41) is 0.594. The molecule has 72 valence electrons. The van der Waals surface area contributed by atoms with Gasteiger partial charge in [0.25, 0.3) is 5.56 Å². The molecule has 1 aromatic heterocycles. The van der Waals surface area contributed by atoms with E-state index in [1.165, 1.54) is 0 Å². The van der Waals surface area contributed by atoms with E-state index in [9.17, 15) is 4.79 Å². The summed E-state index contributed by atoms with van der Waals surface area (Å²) in [4.78, 5) is 18.5. The number of rotatable bonds is 1. The molecule has 1 heterocycles. The van der Waals surface area contributed by atoms with Gasteiger partial charge in [-0.2, -0.15) is 0 Å². The molecule has 1 atom stereocenters. The zero-order chi connectivity index (χ0) is 10.1. The lowest BCUT2D eigenvalue weighted by Crippen LogP contribution is -2.17. The second-order valence-corrected chi connectivity index (χ2v) is 3.26. The molecule has 0 unspecified atom stereocenters. The van der Waals surface area contributed by atoms with Gasteiger partial charge < -0.3 is 10.7 Å². The fourth-order valence-corrected chi connectivity index (χ4v) is 1.32. The molecule has 0 aliphatic carbocycles. The van der Waals surface area contributed by atoms with Crippen molar-refractivity contribution in [3.63, 3.8) is 0 Å². The number of aromatic nitrogens is 2. The number of hydrogen-bond donors (Lipinski definition) is 2. The van der Waals surface area contributed by atoms with E-state index < -0.39 is 0 Å². The van der Waals surface area contributed by atoms with Gasteiger partial charge in [0.15, 0.2) is 0 Å². The topological polar surface area (TPSA) is 71.8 Å². The highest BCUT2D eigenvalue weighted by Crippen LogP contribution is 2.08. The highest BCUT2D eigenvalue weighted by atomic mass is 16.1. The van der Waals surface area contributed by atoms with Gasteiger partial charge in [-0.15, -0.1) is 0 Å². The van der Waals surface area contributed by atoms with Gasteiger partial charge in [-0.3, -0.25) is 4.79 Å². The van der Waals surface area contributed by atoms with Gasteiger partial charge in [0, 0.05) is 0 Å². The second kappa shape index (κ2) is 3.23. The van der Waals surface area contributed by atoms with Crippen LogP contribution in [0.2, 0.25) is 0 Å². The van der Waals surface area contributed by atoms with Crippen LogP contribution in [0.15, 0.2) is 29.1 Å². The summed E-state index contributed by atoms with van der Waals surface area (Å²) in [6, 6.07) is 6.94. The van der Waals surface area contributed by atoms with E-state index >= 15 is 0 Å². The Bertz CT molecular complexity index is 516. The average molecular weight is 189 g/mol. The molecule has 0 saturated carbocycles. The quantitative estimate of drug-likeness (QED) is 0.701. The van der Waals surface area contributed by atoms with Gasteiger partial charge in [0.1, 0.15) is 5.82 Å². The zero-order valence-corrected chi connectivity index (χ0v) is 7.82. The lowest BCUT2D eigenvalue weighted by Gasteiger charge is -2.04. The Labute approximate surface area is 80.8 Å². The van der Waals surface area contributed by atoms with Crippen LogP contribution in [-0.2, 0) is 0 Å². The lowest BCUT2D eigenvalue weighted by atomic mass is 10.2. The highest BCUT2D eigenvalue weighted by molar-refractivity contribution is 5.77. The summed E-state index contributed by atoms with van der Waals surface area (Å²) < 4.78 is 0. The predicted molar refractivity (Wildman–Crippen MR) is 55.0 cm³/mol. The van der Waals surface area contributed by atoms with Crippen LogP contribution >= 0.6 is 0 Å². The van der Waals surface area contributed by atoms with Crippen molar-refractivity contribution in [2.24, 2.45) is 5.73 Å². The number of nitrogens with zero attached hydrogens (tertiary/aromatic N) is 1. The smallest absolute Gasteiger partial charge is 0.258 e. The van der Waals surface area contributed by atoms with E-state index in [0.29, 0.717) is 16.7 Å². The van der Waals surface area contributed by atoms with Crippen molar-refractivity contribution in [2.45, 2.75) is 13.0 Å². The van der Waals surface area contributed by atoms with Gasteiger partial charge in [-0.05, 0) is 19.1 Å². The molecule has 0 amide bonds. The maximum atomic E-state index is 11.6. The number of H-pyrrole nitrogens is 1. The Balaban J connectivity index is 2.79. The normalized spacial score (nSPS) is 13.0. The molecular formula is C10H11N3O. The predicted octanol–water partition coefficient (Wildman–Crippen LogP) is 0.943. The number of benzene rings is 1. The van der Waals surface area contributed by atoms with Crippen LogP contribution in [0.4, 0.5) is 0 Å². The molecule has 4 nitrogen and oxygen atoms in total. The molecular weight excluding hydrogens is 178 g/mol. The number of nitrogens with one attached hydrogen (secondary N) is 1. The van der Waals surface area contributed by atoms with E-state index in [2.05, 4.69) is 9.97 Å². The van der Waals surface area contributed by atoms with Crippen LogP contribution in [0, 0.1) is 0 Å². The van der Waals surface area contributed by atoms with E-state index in [1.807, 2.05) is 12.1 Å². The van der Waals surface area contributed by atoms with Gasteiger partial charge in [-0.25, -0.2) is 4.98 Å². The van der Waals surface area contributed by atoms with Crippen LogP contribution in [0.1, 0.15) is 18.8 Å². The molecule has 0 radical (unpaired) electrons. The van der Waals surface area contributed by atoms with E-state index in [-0.39, 0.29) is 11.6 Å². The Morgan fingerprint density at radius 2 is 2.14 bits per heavy atom. The Morgan fingerprint density at radius 3 is 2.86 bits per heavy atom. The third-order valence-corrected chi connectivity index (χ3v) is 2.06. The Hall–Kier alpha value is -1.68. The number of fused-ring (bicyclic) bond motifs is 1. The van der Waals surface area contributed by atoms with Crippen molar-refractivity contribution in [3.05, 3.63) is 40.4 Å². The molecule has 4 heteroatoms. The summed E-state index contributed by atoms with van der Waals surface area (Å²) in [5.41, 5.74) is 6.19. The molecule has 0 aliphatic rings. The van der Waals surface area contributed by atoms with Crippen molar-refractivity contribution < 1.29 is 0 Å². The standard InChI is InChI=1S/C10H11N3O/c1-6(11)9-12-8-5-3-2-4-7(8)10(14)13-9/h2-6H,11H2,1H3,(H,12,13,14)/t6-/m0/s1. The second-order valence-electron chi connectivity index (χ2n) is 3.26. The SMILES string of the molecule is C[C@H](N)c1nc2ccccc2c(=O)[nH]1. The fraction of sp³-hybridized carbons (Fsp3) is 0.200. The minimum absolute atomic E-state index is 0.136. The van der Waals surface area contributed by atoms with E-state index in [0.717, 1.165) is 0 Å².